The quantitative estimate of drug-likeness (QED) is 0.661. The van der Waals surface area contributed by atoms with Gasteiger partial charge in [-0.15, -0.1) is 11.3 Å². The first kappa shape index (κ1) is 17.9. The summed E-state index contributed by atoms with van der Waals surface area (Å²) in [5, 5.41) is 7.70. The van der Waals surface area contributed by atoms with Crippen LogP contribution in [-0.2, 0) is 9.53 Å². The number of ether oxygens (including phenoxy) is 1. The lowest BCUT2D eigenvalue weighted by atomic mass is 10.3. The molecule has 0 spiro atoms. The van der Waals surface area contributed by atoms with Crippen LogP contribution in [-0.4, -0.2) is 34.3 Å². The molecule has 0 radical (unpaired) electrons. The fourth-order valence-corrected chi connectivity index (χ4v) is 3.48. The number of carbonyl (C=O) groups excluding carboxylic acids is 3. The predicted molar refractivity (Wildman–Crippen MR) is 96.7 cm³/mol. The highest BCUT2D eigenvalue weighted by molar-refractivity contribution is 7.20. The second-order valence-electron chi connectivity index (χ2n) is 5.29. The number of urea groups is 1. The average Bonchev–Trinajstić information content (AvgIpc) is 3.14. The minimum absolute atomic E-state index is 0.315. The van der Waals surface area contributed by atoms with E-state index in [1.54, 1.807) is 22.9 Å². The summed E-state index contributed by atoms with van der Waals surface area (Å²) in [5.74, 6) is -1.47. The van der Waals surface area contributed by atoms with Crippen LogP contribution >= 0.6 is 22.9 Å². The first-order valence-electron chi connectivity index (χ1n) is 7.36. The minimum Gasteiger partial charge on any atom is -0.451 e. The molecule has 0 aliphatic heterocycles. The molecule has 10 heteroatoms. The van der Waals surface area contributed by atoms with E-state index in [0.717, 1.165) is 21.6 Å². The maximum Gasteiger partial charge on any atom is 0.348 e. The maximum atomic E-state index is 12.2. The number of hydrogen-bond donors (Lipinski definition) is 2. The molecule has 0 saturated heterocycles. The van der Waals surface area contributed by atoms with E-state index in [1.807, 2.05) is 24.4 Å². The summed E-state index contributed by atoms with van der Waals surface area (Å²) in [4.78, 5) is 35.1. The molecule has 0 unspecified atom stereocenters. The van der Waals surface area contributed by atoms with Crippen molar-refractivity contribution in [2.24, 2.45) is 5.73 Å². The number of rotatable bonds is 4. The molecule has 0 saturated carbocycles. The molecule has 8 nitrogen and oxygen atoms in total. The average molecular weight is 393 g/mol. The molecule has 0 atom stereocenters. The van der Waals surface area contributed by atoms with Crippen LogP contribution in [0.25, 0.3) is 15.9 Å². The largest absolute Gasteiger partial charge is 0.451 e. The lowest BCUT2D eigenvalue weighted by Gasteiger charge is -2.03. The van der Waals surface area contributed by atoms with E-state index >= 15 is 0 Å². The van der Waals surface area contributed by atoms with Gasteiger partial charge in [0, 0.05) is 10.4 Å². The van der Waals surface area contributed by atoms with Crippen molar-refractivity contribution in [2.75, 3.05) is 6.61 Å². The molecule has 26 heavy (non-hydrogen) atoms. The number of thiophene rings is 1. The molecule has 3 amide bonds. The summed E-state index contributed by atoms with van der Waals surface area (Å²) in [7, 11) is 0. The number of nitrogens with one attached hydrogen (secondary N) is 1. The Morgan fingerprint density at radius 3 is 2.65 bits per heavy atom. The number of nitrogens with zero attached hydrogens (tertiary/aromatic N) is 2. The molecule has 2 aromatic heterocycles. The Morgan fingerprint density at radius 2 is 2.00 bits per heavy atom. The van der Waals surface area contributed by atoms with Crippen molar-refractivity contribution >= 4 is 51.1 Å². The van der Waals surface area contributed by atoms with Crippen molar-refractivity contribution in [1.29, 1.82) is 0 Å². The molecule has 2 heterocycles. The lowest BCUT2D eigenvalue weighted by Crippen LogP contribution is -2.37. The third-order valence-corrected chi connectivity index (χ3v) is 4.76. The molecule has 3 aromatic rings. The van der Waals surface area contributed by atoms with Crippen molar-refractivity contribution in [1.82, 2.24) is 15.1 Å². The number of esters is 1. The zero-order chi connectivity index (χ0) is 18.8. The van der Waals surface area contributed by atoms with Gasteiger partial charge in [-0.25, -0.2) is 14.3 Å². The van der Waals surface area contributed by atoms with Gasteiger partial charge >= 0.3 is 12.0 Å². The van der Waals surface area contributed by atoms with Gasteiger partial charge in [-0.05, 0) is 37.3 Å². The van der Waals surface area contributed by atoms with Crippen LogP contribution in [0.4, 0.5) is 4.79 Å². The first-order chi connectivity index (χ1) is 12.3. The number of carbonyl (C=O) groups is 3. The van der Waals surface area contributed by atoms with Gasteiger partial charge in [0.1, 0.15) is 9.71 Å². The highest BCUT2D eigenvalue weighted by Gasteiger charge is 2.19. The number of imide groups is 1. The Balaban J connectivity index is 1.84. The van der Waals surface area contributed by atoms with Gasteiger partial charge in [0.15, 0.2) is 6.61 Å². The van der Waals surface area contributed by atoms with Crippen molar-refractivity contribution in [3.63, 3.8) is 0 Å². The van der Waals surface area contributed by atoms with Crippen LogP contribution in [0.3, 0.4) is 0 Å². The summed E-state index contributed by atoms with van der Waals surface area (Å²) in [6.45, 7) is 1.23. The molecule has 0 aliphatic carbocycles. The number of fused-ring (bicyclic) bond motifs is 1. The molecule has 3 rings (SSSR count). The van der Waals surface area contributed by atoms with Crippen LogP contribution in [0, 0.1) is 6.92 Å². The number of hydrogen-bond acceptors (Lipinski definition) is 6. The number of benzene rings is 1. The number of nitrogens with two attached hydrogens (primary N) is 1. The molecule has 0 fully saturated rings. The van der Waals surface area contributed by atoms with E-state index in [2.05, 4.69) is 5.10 Å². The summed E-state index contributed by atoms with van der Waals surface area (Å²) in [6.07, 6.45) is 0. The van der Waals surface area contributed by atoms with Crippen molar-refractivity contribution in [3.8, 4) is 5.69 Å². The maximum absolute atomic E-state index is 12.2. The highest BCUT2D eigenvalue weighted by atomic mass is 35.5. The van der Waals surface area contributed by atoms with Crippen molar-refractivity contribution < 1.29 is 19.1 Å². The third-order valence-electron chi connectivity index (χ3n) is 3.41. The second-order valence-corrected chi connectivity index (χ2v) is 6.76. The summed E-state index contributed by atoms with van der Waals surface area (Å²) >= 11 is 7.10. The standard InChI is InChI=1S/C16H13ClN4O4S/c1-8-11-6-12(15(23)25-7-13(22)19-16(18)24)26-14(11)21(20-8)10-4-2-9(17)3-5-10/h2-6H,7H2,1H3,(H3,18,19,22,24). The van der Waals surface area contributed by atoms with Gasteiger partial charge in [0.25, 0.3) is 5.91 Å². The fourth-order valence-electron chi connectivity index (χ4n) is 2.28. The predicted octanol–water partition coefficient (Wildman–Crippen LogP) is 2.40. The number of amides is 3. The Hall–Kier alpha value is -2.91. The van der Waals surface area contributed by atoms with Gasteiger partial charge in [-0.2, -0.15) is 5.10 Å². The summed E-state index contributed by atoms with van der Waals surface area (Å²) in [5.41, 5.74) is 6.37. The van der Waals surface area contributed by atoms with Crippen LogP contribution in [0.1, 0.15) is 15.4 Å². The number of halogens is 1. The highest BCUT2D eigenvalue weighted by Crippen LogP contribution is 2.31. The second kappa shape index (κ2) is 7.14. The van der Waals surface area contributed by atoms with Gasteiger partial charge in [0.2, 0.25) is 0 Å². The Morgan fingerprint density at radius 1 is 1.31 bits per heavy atom. The topological polar surface area (TPSA) is 116 Å². The lowest BCUT2D eigenvalue weighted by molar-refractivity contribution is -0.123. The fraction of sp³-hybridized carbons (Fsp3) is 0.125. The number of primary amides is 1. The van der Waals surface area contributed by atoms with Crippen molar-refractivity contribution in [3.05, 3.63) is 45.9 Å². The molecule has 3 N–H and O–H groups in total. The summed E-state index contributed by atoms with van der Waals surface area (Å²) in [6, 6.07) is 7.79. The van der Waals surface area contributed by atoms with Crippen LogP contribution in [0.5, 0.6) is 0 Å². The Kier molecular flexibility index (Phi) is 4.92. The first-order valence-corrected chi connectivity index (χ1v) is 8.56. The monoisotopic (exact) mass is 392 g/mol. The number of aromatic nitrogens is 2. The van der Waals surface area contributed by atoms with Gasteiger partial charge in [-0.1, -0.05) is 11.6 Å². The molecular formula is C16H13ClN4O4S. The summed E-state index contributed by atoms with van der Waals surface area (Å²) < 4.78 is 6.61. The Labute approximate surface area is 156 Å². The van der Waals surface area contributed by atoms with E-state index in [4.69, 9.17) is 22.1 Å². The van der Waals surface area contributed by atoms with Crippen LogP contribution in [0.2, 0.25) is 5.02 Å². The molecule has 1 aromatic carbocycles. The zero-order valence-corrected chi connectivity index (χ0v) is 15.1. The molecule has 134 valence electrons. The van der Waals surface area contributed by atoms with Gasteiger partial charge < -0.3 is 10.5 Å². The SMILES string of the molecule is Cc1nn(-c2ccc(Cl)cc2)c2sc(C(=O)OCC(=O)NC(N)=O)cc12. The molecule has 0 aliphatic rings. The van der Waals surface area contributed by atoms with Gasteiger partial charge in [-0.3, -0.25) is 10.1 Å². The van der Waals surface area contributed by atoms with E-state index in [-0.39, 0.29) is 0 Å². The minimum atomic E-state index is -1.01. The van der Waals surface area contributed by atoms with E-state index in [1.165, 1.54) is 11.3 Å². The van der Waals surface area contributed by atoms with Crippen LogP contribution in [0.15, 0.2) is 30.3 Å². The van der Waals surface area contributed by atoms with E-state index < -0.39 is 24.5 Å². The van der Waals surface area contributed by atoms with Crippen molar-refractivity contribution in [2.45, 2.75) is 6.92 Å². The normalized spacial score (nSPS) is 10.7. The number of aryl methyl sites for hydroxylation is 1. The van der Waals surface area contributed by atoms with E-state index in [0.29, 0.717) is 9.90 Å². The zero-order valence-electron chi connectivity index (χ0n) is 13.5. The smallest absolute Gasteiger partial charge is 0.348 e. The van der Waals surface area contributed by atoms with E-state index in [9.17, 15) is 14.4 Å². The molecular weight excluding hydrogens is 380 g/mol. The Bertz CT molecular complexity index is 1010. The molecule has 0 bridgehead atoms. The van der Waals surface area contributed by atoms with Gasteiger partial charge in [0.05, 0.1) is 11.4 Å². The van der Waals surface area contributed by atoms with Crippen LogP contribution < -0.4 is 11.1 Å². The third kappa shape index (κ3) is 3.68.